The maximum absolute atomic E-state index is 13.3. The smallest absolute Gasteiger partial charge is 0.258 e. The van der Waals surface area contributed by atoms with E-state index in [0.717, 1.165) is 10.0 Å². The number of carbonyl (C=O) groups excluding carboxylic acids is 1. The van der Waals surface area contributed by atoms with Gasteiger partial charge in [0.25, 0.3) is 5.91 Å². The molecule has 0 aliphatic rings. The minimum Gasteiger partial charge on any atom is -0.482 e. The lowest BCUT2D eigenvalue weighted by Crippen LogP contribution is -2.34. The largest absolute Gasteiger partial charge is 0.482 e. The second kappa shape index (κ2) is 8.75. The molecule has 0 saturated carbocycles. The van der Waals surface area contributed by atoms with Gasteiger partial charge in [0, 0.05) is 23.9 Å². The van der Waals surface area contributed by atoms with Crippen molar-refractivity contribution >= 4 is 33.4 Å². The first-order valence-corrected chi connectivity index (χ1v) is 9.62. The second-order valence-electron chi connectivity index (χ2n) is 6.27. The molecule has 0 radical (unpaired) electrons. The summed E-state index contributed by atoms with van der Waals surface area (Å²) in [6.07, 6.45) is 3.42. The summed E-state index contributed by atoms with van der Waals surface area (Å²) in [5, 5.41) is 3.31. The van der Waals surface area contributed by atoms with Gasteiger partial charge < -0.3 is 14.6 Å². The van der Waals surface area contributed by atoms with Gasteiger partial charge in [-0.1, -0.05) is 39.7 Å². The molecule has 8 heteroatoms. The summed E-state index contributed by atoms with van der Waals surface area (Å²) in [6.45, 7) is 1.63. The molecule has 0 spiro atoms. The van der Waals surface area contributed by atoms with Crippen LogP contribution in [0.25, 0.3) is 0 Å². The number of hydrogen-bond donors (Lipinski definition) is 1. The molecular weight excluding hydrogens is 449 g/mol. The van der Waals surface area contributed by atoms with Crippen molar-refractivity contribution < 1.29 is 13.9 Å². The van der Waals surface area contributed by atoms with Crippen LogP contribution in [0.3, 0.4) is 0 Å². The number of aryl methyl sites for hydroxylation is 2. The molecule has 5 nitrogen and oxygen atoms in total. The van der Waals surface area contributed by atoms with Gasteiger partial charge in [0.1, 0.15) is 23.4 Å². The van der Waals surface area contributed by atoms with E-state index in [-0.39, 0.29) is 18.3 Å². The van der Waals surface area contributed by atoms with Crippen molar-refractivity contribution in [2.45, 2.75) is 13.0 Å². The molecule has 0 aliphatic carbocycles. The SMILES string of the molecule is Cc1cc(Br)cc(Cl)c1OCC(=O)N[C@H](c1ccc(F)cc1)c1nccn1C. The summed E-state index contributed by atoms with van der Waals surface area (Å²) >= 11 is 9.57. The van der Waals surface area contributed by atoms with Crippen LogP contribution < -0.4 is 10.1 Å². The van der Waals surface area contributed by atoms with E-state index >= 15 is 0 Å². The number of hydrogen-bond acceptors (Lipinski definition) is 3. The highest BCUT2D eigenvalue weighted by Gasteiger charge is 2.21. The highest BCUT2D eigenvalue weighted by atomic mass is 79.9. The Morgan fingerprint density at radius 3 is 2.68 bits per heavy atom. The maximum Gasteiger partial charge on any atom is 0.258 e. The van der Waals surface area contributed by atoms with Crippen LogP contribution >= 0.6 is 27.5 Å². The molecular formula is C20H18BrClFN3O2. The highest BCUT2D eigenvalue weighted by molar-refractivity contribution is 9.10. The van der Waals surface area contributed by atoms with Crippen molar-refractivity contribution in [2.75, 3.05) is 6.61 Å². The highest BCUT2D eigenvalue weighted by Crippen LogP contribution is 2.32. The van der Waals surface area contributed by atoms with Crippen molar-refractivity contribution in [3.05, 3.63) is 81.1 Å². The first kappa shape index (κ1) is 20.4. The standard InChI is InChI=1S/C20H18BrClFN3O2/c1-12-9-14(21)10-16(22)19(12)28-11-17(27)25-18(20-24-7-8-26(20)2)13-3-5-15(23)6-4-13/h3-10,18H,11H2,1-2H3,(H,25,27)/t18-/m1/s1. The molecule has 3 aromatic rings. The molecule has 1 amide bonds. The number of carbonyl (C=O) groups is 1. The first-order chi connectivity index (χ1) is 13.3. The fourth-order valence-electron chi connectivity index (χ4n) is 2.82. The van der Waals surface area contributed by atoms with Crippen LogP contribution in [0.2, 0.25) is 5.02 Å². The molecule has 0 fully saturated rings. The molecule has 2 aromatic carbocycles. The van der Waals surface area contributed by atoms with E-state index in [1.807, 2.05) is 20.0 Å². The Balaban J connectivity index is 1.77. The molecule has 0 saturated heterocycles. The molecule has 146 valence electrons. The number of nitrogens with one attached hydrogen (secondary N) is 1. The lowest BCUT2D eigenvalue weighted by atomic mass is 10.1. The molecule has 1 atom stereocenters. The van der Waals surface area contributed by atoms with Crippen molar-refractivity contribution in [3.63, 3.8) is 0 Å². The van der Waals surface area contributed by atoms with E-state index in [4.69, 9.17) is 16.3 Å². The Labute approximate surface area is 175 Å². The van der Waals surface area contributed by atoms with Crippen LogP contribution in [-0.2, 0) is 11.8 Å². The third-order valence-electron chi connectivity index (χ3n) is 4.17. The zero-order valence-electron chi connectivity index (χ0n) is 15.2. The minimum atomic E-state index is -0.543. The minimum absolute atomic E-state index is 0.218. The zero-order valence-corrected chi connectivity index (χ0v) is 17.6. The van der Waals surface area contributed by atoms with Gasteiger partial charge in [-0.05, 0) is 42.3 Å². The molecule has 1 aromatic heterocycles. The average Bonchev–Trinajstić information content (AvgIpc) is 3.05. The van der Waals surface area contributed by atoms with Gasteiger partial charge in [0.15, 0.2) is 6.61 Å². The number of halogens is 3. The van der Waals surface area contributed by atoms with Crippen molar-refractivity contribution in [3.8, 4) is 5.75 Å². The summed E-state index contributed by atoms with van der Waals surface area (Å²) in [7, 11) is 1.83. The summed E-state index contributed by atoms with van der Waals surface area (Å²) in [6, 6.07) is 8.94. The van der Waals surface area contributed by atoms with E-state index < -0.39 is 6.04 Å². The number of amides is 1. The quantitative estimate of drug-likeness (QED) is 0.579. The first-order valence-electron chi connectivity index (χ1n) is 8.45. The maximum atomic E-state index is 13.3. The second-order valence-corrected chi connectivity index (χ2v) is 7.59. The normalized spacial score (nSPS) is 11.9. The van der Waals surface area contributed by atoms with E-state index in [2.05, 4.69) is 26.2 Å². The Bertz CT molecular complexity index is 968. The summed E-state index contributed by atoms with van der Waals surface area (Å²) in [5.74, 6) is 0.376. The van der Waals surface area contributed by atoms with Gasteiger partial charge in [-0.3, -0.25) is 4.79 Å². The van der Waals surface area contributed by atoms with Crippen molar-refractivity contribution in [2.24, 2.45) is 7.05 Å². The lowest BCUT2D eigenvalue weighted by molar-refractivity contribution is -0.123. The third-order valence-corrected chi connectivity index (χ3v) is 4.91. The van der Waals surface area contributed by atoms with Gasteiger partial charge in [0.05, 0.1) is 5.02 Å². The molecule has 0 unspecified atom stereocenters. The zero-order chi connectivity index (χ0) is 20.3. The number of aromatic nitrogens is 2. The van der Waals surface area contributed by atoms with Crippen molar-refractivity contribution in [1.82, 2.24) is 14.9 Å². The van der Waals surface area contributed by atoms with Gasteiger partial charge in [-0.2, -0.15) is 0 Å². The molecule has 1 heterocycles. The van der Waals surface area contributed by atoms with Crippen LogP contribution in [-0.4, -0.2) is 22.1 Å². The van der Waals surface area contributed by atoms with Gasteiger partial charge in [-0.25, -0.2) is 9.37 Å². The Kier molecular flexibility index (Phi) is 6.36. The number of benzene rings is 2. The number of nitrogens with zero attached hydrogens (tertiary/aromatic N) is 2. The molecule has 0 bridgehead atoms. The summed E-state index contributed by atoms with van der Waals surface area (Å²) in [5.41, 5.74) is 1.52. The molecule has 3 rings (SSSR count). The Morgan fingerprint density at radius 2 is 2.07 bits per heavy atom. The molecule has 28 heavy (non-hydrogen) atoms. The molecule has 1 N–H and O–H groups in total. The predicted octanol–water partition coefficient (Wildman–Crippen LogP) is 4.57. The fourth-order valence-corrected chi connectivity index (χ4v) is 3.84. The third kappa shape index (κ3) is 4.72. The van der Waals surface area contributed by atoms with E-state index in [1.54, 1.807) is 35.2 Å². The topological polar surface area (TPSA) is 56.1 Å². The van der Waals surface area contributed by atoms with E-state index in [0.29, 0.717) is 22.2 Å². The number of rotatable bonds is 6. The summed E-state index contributed by atoms with van der Waals surface area (Å²) < 4.78 is 21.6. The average molecular weight is 467 g/mol. The number of ether oxygens (including phenoxy) is 1. The predicted molar refractivity (Wildman–Crippen MR) is 109 cm³/mol. The van der Waals surface area contributed by atoms with Gasteiger partial charge in [-0.15, -0.1) is 0 Å². The Morgan fingerprint density at radius 1 is 1.36 bits per heavy atom. The van der Waals surface area contributed by atoms with Crippen molar-refractivity contribution in [1.29, 1.82) is 0 Å². The van der Waals surface area contributed by atoms with Crippen LogP contribution in [0, 0.1) is 12.7 Å². The van der Waals surface area contributed by atoms with Crippen LogP contribution in [0.5, 0.6) is 5.75 Å². The van der Waals surface area contributed by atoms with Gasteiger partial charge in [0.2, 0.25) is 0 Å². The number of imidazole rings is 1. The van der Waals surface area contributed by atoms with E-state index in [9.17, 15) is 9.18 Å². The monoisotopic (exact) mass is 465 g/mol. The van der Waals surface area contributed by atoms with E-state index in [1.165, 1.54) is 12.1 Å². The van der Waals surface area contributed by atoms with Crippen LogP contribution in [0.15, 0.2) is 53.3 Å². The molecule has 0 aliphatic heterocycles. The van der Waals surface area contributed by atoms with Gasteiger partial charge >= 0.3 is 0 Å². The lowest BCUT2D eigenvalue weighted by Gasteiger charge is -2.20. The summed E-state index contributed by atoms with van der Waals surface area (Å²) in [4.78, 5) is 16.9. The fraction of sp³-hybridized carbons (Fsp3) is 0.200. The van der Waals surface area contributed by atoms with Crippen LogP contribution in [0.4, 0.5) is 4.39 Å². The van der Waals surface area contributed by atoms with Crippen LogP contribution in [0.1, 0.15) is 23.0 Å². The Hall–Kier alpha value is -2.38.